The number of carbonyl (C=O) groups is 1. The normalized spacial score (nSPS) is 10.0. The van der Waals surface area contributed by atoms with E-state index in [0.29, 0.717) is 5.56 Å². The number of nitro groups is 1. The van der Waals surface area contributed by atoms with Crippen molar-refractivity contribution in [3.05, 3.63) is 32.3 Å². The molecule has 1 aromatic carbocycles. The molecular formula is C10H11BrN2O4. The van der Waals surface area contributed by atoms with E-state index in [0.717, 1.165) is 0 Å². The number of nitrogens with zero attached hydrogens (tertiary/aromatic N) is 1. The summed E-state index contributed by atoms with van der Waals surface area (Å²) in [4.78, 5) is 21.5. The maximum atomic E-state index is 11.3. The minimum absolute atomic E-state index is 0.0553. The Morgan fingerprint density at radius 1 is 1.59 bits per heavy atom. The van der Waals surface area contributed by atoms with Crippen LogP contribution in [0.4, 0.5) is 11.4 Å². The second kappa shape index (κ2) is 5.62. The fourth-order valence-corrected chi connectivity index (χ4v) is 1.83. The first-order valence-electron chi connectivity index (χ1n) is 4.83. The van der Waals surface area contributed by atoms with E-state index in [1.165, 1.54) is 12.1 Å². The molecule has 7 heteroatoms. The lowest BCUT2D eigenvalue weighted by Gasteiger charge is -2.06. The van der Waals surface area contributed by atoms with Gasteiger partial charge in [0.25, 0.3) is 5.69 Å². The number of nitro benzene ring substituents is 1. The standard InChI is InChI=1S/C10H11BrN2O4/c1-2-17-9(14)4-6-3-7(12)5-8(10(6)11)13(15)16/h3,5H,2,4,12H2,1H3. The summed E-state index contributed by atoms with van der Waals surface area (Å²) >= 11 is 3.09. The van der Waals surface area contributed by atoms with Crippen LogP contribution in [0, 0.1) is 10.1 Å². The number of nitrogens with two attached hydrogens (primary N) is 1. The van der Waals surface area contributed by atoms with E-state index in [9.17, 15) is 14.9 Å². The van der Waals surface area contributed by atoms with Gasteiger partial charge in [-0.25, -0.2) is 0 Å². The molecule has 0 aliphatic heterocycles. The third-order valence-corrected chi connectivity index (χ3v) is 2.90. The Balaban J connectivity index is 3.07. The van der Waals surface area contributed by atoms with Gasteiger partial charge in [-0.2, -0.15) is 0 Å². The number of rotatable bonds is 4. The quantitative estimate of drug-likeness (QED) is 0.397. The lowest BCUT2D eigenvalue weighted by Crippen LogP contribution is -2.09. The van der Waals surface area contributed by atoms with Gasteiger partial charge >= 0.3 is 5.97 Å². The average Bonchev–Trinajstić information content (AvgIpc) is 2.22. The van der Waals surface area contributed by atoms with Crippen LogP contribution in [0.1, 0.15) is 12.5 Å². The van der Waals surface area contributed by atoms with Gasteiger partial charge in [-0.3, -0.25) is 14.9 Å². The Hall–Kier alpha value is -1.63. The molecular weight excluding hydrogens is 292 g/mol. The molecule has 0 aromatic heterocycles. The molecule has 0 unspecified atom stereocenters. The van der Waals surface area contributed by atoms with Gasteiger partial charge < -0.3 is 10.5 Å². The van der Waals surface area contributed by atoms with Crippen LogP contribution < -0.4 is 5.73 Å². The van der Waals surface area contributed by atoms with Crippen LogP contribution in [-0.4, -0.2) is 17.5 Å². The number of esters is 1. The summed E-state index contributed by atoms with van der Waals surface area (Å²) in [5.41, 5.74) is 6.05. The molecule has 17 heavy (non-hydrogen) atoms. The number of hydrogen-bond acceptors (Lipinski definition) is 5. The topological polar surface area (TPSA) is 95.5 Å². The molecule has 0 heterocycles. The zero-order chi connectivity index (χ0) is 13.0. The summed E-state index contributed by atoms with van der Waals surface area (Å²) in [5, 5.41) is 10.7. The first kappa shape index (κ1) is 13.4. The van der Waals surface area contributed by atoms with E-state index in [1.54, 1.807) is 6.92 Å². The van der Waals surface area contributed by atoms with Crippen molar-refractivity contribution >= 4 is 33.3 Å². The highest BCUT2D eigenvalue weighted by atomic mass is 79.9. The van der Waals surface area contributed by atoms with E-state index in [2.05, 4.69) is 15.9 Å². The third-order valence-electron chi connectivity index (χ3n) is 1.99. The van der Waals surface area contributed by atoms with Gasteiger partial charge in [-0.05, 0) is 34.5 Å². The van der Waals surface area contributed by atoms with Crippen LogP contribution in [0.25, 0.3) is 0 Å². The summed E-state index contributed by atoms with van der Waals surface area (Å²) < 4.78 is 5.02. The van der Waals surface area contributed by atoms with E-state index in [4.69, 9.17) is 10.5 Å². The van der Waals surface area contributed by atoms with Gasteiger partial charge in [0.05, 0.1) is 22.4 Å². The maximum Gasteiger partial charge on any atom is 0.310 e. The maximum absolute atomic E-state index is 11.3. The Morgan fingerprint density at radius 3 is 2.76 bits per heavy atom. The fraction of sp³-hybridized carbons (Fsp3) is 0.300. The zero-order valence-corrected chi connectivity index (χ0v) is 10.7. The van der Waals surface area contributed by atoms with Crippen molar-refractivity contribution in [3.8, 4) is 0 Å². The molecule has 92 valence electrons. The molecule has 6 nitrogen and oxygen atoms in total. The lowest BCUT2D eigenvalue weighted by atomic mass is 10.1. The average molecular weight is 303 g/mol. The molecule has 0 spiro atoms. The van der Waals surface area contributed by atoms with E-state index >= 15 is 0 Å². The summed E-state index contributed by atoms with van der Waals surface area (Å²) in [6.45, 7) is 1.95. The van der Waals surface area contributed by atoms with E-state index in [-0.39, 0.29) is 28.9 Å². The SMILES string of the molecule is CCOC(=O)Cc1cc(N)cc([N+](=O)[O-])c1Br. The fourth-order valence-electron chi connectivity index (χ4n) is 1.32. The zero-order valence-electron chi connectivity index (χ0n) is 9.10. The van der Waals surface area contributed by atoms with Gasteiger partial charge in [0.1, 0.15) is 0 Å². The van der Waals surface area contributed by atoms with Crippen molar-refractivity contribution in [1.82, 2.24) is 0 Å². The van der Waals surface area contributed by atoms with Crippen LogP contribution in [0.15, 0.2) is 16.6 Å². The molecule has 0 saturated heterocycles. The first-order valence-corrected chi connectivity index (χ1v) is 5.63. The lowest BCUT2D eigenvalue weighted by molar-refractivity contribution is -0.385. The van der Waals surface area contributed by atoms with Crippen LogP contribution in [0.2, 0.25) is 0 Å². The molecule has 1 aromatic rings. The molecule has 0 amide bonds. The Bertz CT molecular complexity index is 462. The number of ether oxygens (including phenoxy) is 1. The molecule has 0 saturated carbocycles. The first-order chi connectivity index (χ1) is 7.95. The highest BCUT2D eigenvalue weighted by Crippen LogP contribution is 2.31. The van der Waals surface area contributed by atoms with Gasteiger partial charge in [0, 0.05) is 11.8 Å². The van der Waals surface area contributed by atoms with Gasteiger partial charge in [0.2, 0.25) is 0 Å². The van der Waals surface area contributed by atoms with Crippen molar-refractivity contribution in [2.45, 2.75) is 13.3 Å². The summed E-state index contributed by atoms with van der Waals surface area (Å²) in [6.07, 6.45) is -0.0553. The monoisotopic (exact) mass is 302 g/mol. The summed E-state index contributed by atoms with van der Waals surface area (Å²) in [5.74, 6) is -0.451. The van der Waals surface area contributed by atoms with Gasteiger partial charge in [0.15, 0.2) is 0 Å². The van der Waals surface area contributed by atoms with Crippen LogP contribution >= 0.6 is 15.9 Å². The second-order valence-electron chi connectivity index (χ2n) is 3.25. The molecule has 0 radical (unpaired) electrons. The number of carbonyl (C=O) groups excluding carboxylic acids is 1. The Kier molecular flexibility index (Phi) is 4.45. The summed E-state index contributed by atoms with van der Waals surface area (Å²) in [7, 11) is 0. The molecule has 0 bridgehead atoms. The minimum atomic E-state index is -0.560. The molecule has 1 rings (SSSR count). The number of anilines is 1. The van der Waals surface area contributed by atoms with Crippen LogP contribution in [0.3, 0.4) is 0 Å². The molecule has 0 atom stereocenters. The van der Waals surface area contributed by atoms with Crippen LogP contribution in [0.5, 0.6) is 0 Å². The summed E-state index contributed by atoms with van der Waals surface area (Å²) in [6, 6.07) is 2.74. The number of nitrogen functional groups attached to an aromatic ring is 1. The molecule has 0 fully saturated rings. The molecule has 0 aliphatic rings. The van der Waals surface area contributed by atoms with Crippen molar-refractivity contribution in [2.24, 2.45) is 0 Å². The van der Waals surface area contributed by atoms with Crippen molar-refractivity contribution in [3.63, 3.8) is 0 Å². The largest absolute Gasteiger partial charge is 0.466 e. The van der Waals surface area contributed by atoms with Crippen LogP contribution in [-0.2, 0) is 16.0 Å². The second-order valence-corrected chi connectivity index (χ2v) is 4.05. The number of hydrogen-bond donors (Lipinski definition) is 1. The number of halogens is 1. The van der Waals surface area contributed by atoms with Gasteiger partial charge in [-0.1, -0.05) is 0 Å². The van der Waals surface area contributed by atoms with Crippen molar-refractivity contribution < 1.29 is 14.5 Å². The third kappa shape index (κ3) is 3.42. The van der Waals surface area contributed by atoms with E-state index < -0.39 is 10.9 Å². The Morgan fingerprint density at radius 2 is 2.24 bits per heavy atom. The highest BCUT2D eigenvalue weighted by Gasteiger charge is 2.18. The van der Waals surface area contributed by atoms with Crippen molar-refractivity contribution in [2.75, 3.05) is 12.3 Å². The highest BCUT2D eigenvalue weighted by molar-refractivity contribution is 9.10. The molecule has 0 aliphatic carbocycles. The van der Waals surface area contributed by atoms with Crippen molar-refractivity contribution in [1.29, 1.82) is 0 Å². The molecule has 2 N–H and O–H groups in total. The smallest absolute Gasteiger partial charge is 0.310 e. The minimum Gasteiger partial charge on any atom is -0.466 e. The predicted octanol–water partition coefficient (Wildman–Crippen LogP) is 2.05. The van der Waals surface area contributed by atoms with E-state index in [1.807, 2.05) is 0 Å². The van der Waals surface area contributed by atoms with Gasteiger partial charge in [-0.15, -0.1) is 0 Å². The Labute approximate surface area is 106 Å². The predicted molar refractivity (Wildman–Crippen MR) is 65.5 cm³/mol. The number of benzene rings is 1.